The molecule has 1 saturated heterocycles. The van der Waals surface area contributed by atoms with Crippen LogP contribution in [0, 0.1) is 5.92 Å². The number of benzene rings is 2. The minimum atomic E-state index is -3.64. The van der Waals surface area contributed by atoms with Gasteiger partial charge < -0.3 is 26.6 Å². The molecule has 2 amide bonds. The van der Waals surface area contributed by atoms with Crippen molar-refractivity contribution in [2.75, 3.05) is 32.8 Å². The number of aliphatic hydroxyl groups is 1. The Morgan fingerprint density at radius 3 is 2.55 bits per heavy atom. The van der Waals surface area contributed by atoms with Gasteiger partial charge in [0.25, 0.3) is 0 Å². The summed E-state index contributed by atoms with van der Waals surface area (Å²) in [4.78, 5) is 28.1. The van der Waals surface area contributed by atoms with E-state index in [2.05, 4.69) is 15.6 Å². The summed E-state index contributed by atoms with van der Waals surface area (Å²) in [5.41, 5.74) is 9.79. The largest absolute Gasteiger partial charge is 0.465 e. The van der Waals surface area contributed by atoms with Gasteiger partial charge in [-0.05, 0) is 48.2 Å². The molecular weight excluding hydrogens is 534 g/mol. The average Bonchev–Trinajstić information content (AvgIpc) is 3.06. The van der Waals surface area contributed by atoms with Crippen LogP contribution in [0.2, 0.25) is 0 Å². The maximum Gasteiger partial charge on any atom is 0.404 e. The molecule has 0 aromatic heterocycles. The Morgan fingerprint density at radius 1 is 1.12 bits per heavy atom. The Morgan fingerprint density at radius 2 is 1.85 bits per heavy atom. The van der Waals surface area contributed by atoms with Crippen molar-refractivity contribution in [3.05, 3.63) is 64.7 Å². The molecule has 12 heteroatoms. The van der Waals surface area contributed by atoms with E-state index in [0.29, 0.717) is 43.2 Å². The summed E-state index contributed by atoms with van der Waals surface area (Å²) in [7, 11) is -3.64. The molecule has 0 radical (unpaired) electrons. The summed E-state index contributed by atoms with van der Waals surface area (Å²) < 4.78 is 27.6. The van der Waals surface area contributed by atoms with Gasteiger partial charge in [-0.2, -0.15) is 4.31 Å². The van der Waals surface area contributed by atoms with E-state index in [4.69, 9.17) is 10.8 Å². The van der Waals surface area contributed by atoms with E-state index in [9.17, 15) is 23.1 Å². The first kappa shape index (κ1) is 29.2. The molecule has 6 N–H and O–H groups in total. The maximum absolute atomic E-state index is 13.1. The van der Waals surface area contributed by atoms with Crippen LogP contribution >= 0.6 is 0 Å². The summed E-state index contributed by atoms with van der Waals surface area (Å²) >= 11 is 0. The molecule has 0 spiro atoms. The molecule has 0 aliphatic carbocycles. The third kappa shape index (κ3) is 6.69. The third-order valence-corrected chi connectivity index (χ3v) is 8.95. The van der Waals surface area contributed by atoms with Crippen molar-refractivity contribution in [2.45, 2.75) is 37.0 Å². The van der Waals surface area contributed by atoms with Crippen LogP contribution in [0.5, 0.6) is 0 Å². The van der Waals surface area contributed by atoms with Gasteiger partial charge in [0, 0.05) is 62.2 Å². The lowest BCUT2D eigenvalue weighted by molar-refractivity contribution is -0.117. The van der Waals surface area contributed by atoms with Crippen molar-refractivity contribution in [3.63, 3.8) is 0 Å². The molecule has 40 heavy (non-hydrogen) atoms. The maximum atomic E-state index is 13.1. The molecule has 2 aliphatic heterocycles. The zero-order valence-corrected chi connectivity index (χ0v) is 23.2. The molecule has 214 valence electrons. The number of hydrogen-bond acceptors (Lipinski definition) is 7. The van der Waals surface area contributed by atoms with Crippen LogP contribution < -0.4 is 16.4 Å². The Balaban J connectivity index is 1.53. The smallest absolute Gasteiger partial charge is 0.404 e. The van der Waals surface area contributed by atoms with Gasteiger partial charge in [-0.25, -0.2) is 18.2 Å². The average molecular weight is 570 g/mol. The molecule has 1 fully saturated rings. The lowest BCUT2D eigenvalue weighted by Gasteiger charge is -2.37. The van der Waals surface area contributed by atoms with E-state index in [1.807, 2.05) is 31.2 Å². The summed E-state index contributed by atoms with van der Waals surface area (Å²) in [6.45, 7) is 3.19. The van der Waals surface area contributed by atoms with Crippen molar-refractivity contribution in [3.8, 4) is 0 Å². The molecule has 0 saturated carbocycles. The third-order valence-electron chi connectivity index (χ3n) is 7.12. The number of sulfonamides is 1. The van der Waals surface area contributed by atoms with E-state index in [1.165, 1.54) is 4.31 Å². The quantitative estimate of drug-likeness (QED) is 0.258. The number of amidine groups is 1. The van der Waals surface area contributed by atoms with E-state index in [1.54, 1.807) is 24.3 Å². The van der Waals surface area contributed by atoms with Crippen molar-refractivity contribution in [1.29, 1.82) is 0 Å². The van der Waals surface area contributed by atoms with Crippen LogP contribution in [0.15, 0.2) is 57.9 Å². The summed E-state index contributed by atoms with van der Waals surface area (Å²) in [5.74, 6) is -0.104. The molecule has 1 atom stereocenters. The molecule has 2 heterocycles. The fraction of sp³-hybridized carbons (Fsp3) is 0.393. The van der Waals surface area contributed by atoms with E-state index in [-0.39, 0.29) is 42.2 Å². The summed E-state index contributed by atoms with van der Waals surface area (Å²) in [6.07, 6.45) is 2.00. The molecule has 11 nitrogen and oxygen atoms in total. The number of nitrogens with one attached hydrogen (secondary N) is 2. The highest BCUT2D eigenvalue weighted by Crippen LogP contribution is 2.35. The second kappa shape index (κ2) is 12.6. The topological polar surface area (TPSA) is 174 Å². The lowest BCUT2D eigenvalue weighted by Crippen LogP contribution is -2.51. The van der Waals surface area contributed by atoms with Crippen LogP contribution in [0.25, 0.3) is 6.08 Å². The Labute approximate surface area is 233 Å². The number of carbonyl (C=O) groups is 2. The first-order valence-corrected chi connectivity index (χ1v) is 14.7. The van der Waals surface area contributed by atoms with Crippen molar-refractivity contribution < 1.29 is 28.2 Å². The van der Waals surface area contributed by atoms with Gasteiger partial charge in [0.1, 0.15) is 5.84 Å². The van der Waals surface area contributed by atoms with Gasteiger partial charge >= 0.3 is 6.09 Å². The van der Waals surface area contributed by atoms with Gasteiger partial charge in [-0.15, -0.1) is 0 Å². The zero-order chi connectivity index (χ0) is 28.9. The van der Waals surface area contributed by atoms with Crippen molar-refractivity contribution in [1.82, 2.24) is 14.9 Å². The van der Waals surface area contributed by atoms with Crippen LogP contribution in [0.3, 0.4) is 0 Å². The standard InChI is InChI=1S/C28H35N5O6S/c1-2-24(19-5-3-6-23(12-19)40(38,39)33-15-18(16-33)17-34)20-7-8-21-11-22(14-26(29)32-25(21)13-20)27(35)30-9-4-10-31-28(36)37/h3,5-8,11-13,18,24,31,34H,2,4,9-10,14-17H2,1H3,(H2,29,32)(H,30,35)(H,36,37). The van der Waals surface area contributed by atoms with E-state index in [0.717, 1.165) is 23.1 Å². The number of carboxylic acid groups (broad SMARTS) is 1. The van der Waals surface area contributed by atoms with Crippen molar-refractivity contribution in [2.24, 2.45) is 16.6 Å². The van der Waals surface area contributed by atoms with Crippen LogP contribution in [0.4, 0.5) is 10.5 Å². The van der Waals surface area contributed by atoms with Gasteiger partial charge in [0.05, 0.1) is 10.6 Å². The zero-order valence-electron chi connectivity index (χ0n) is 22.3. The number of hydrogen-bond donors (Lipinski definition) is 5. The highest BCUT2D eigenvalue weighted by molar-refractivity contribution is 7.89. The van der Waals surface area contributed by atoms with Crippen molar-refractivity contribution >= 4 is 39.6 Å². The molecule has 1 unspecified atom stereocenters. The van der Waals surface area contributed by atoms with Gasteiger partial charge in [-0.1, -0.05) is 31.2 Å². The number of rotatable bonds is 11. The van der Waals surface area contributed by atoms with Crippen LogP contribution in [-0.4, -0.2) is 73.6 Å². The number of aliphatic imine (C=N–C) groups is 1. The highest BCUT2D eigenvalue weighted by atomic mass is 32.2. The number of nitrogens with two attached hydrogens (primary N) is 1. The van der Waals surface area contributed by atoms with E-state index >= 15 is 0 Å². The fourth-order valence-electron chi connectivity index (χ4n) is 4.91. The Hall–Kier alpha value is -3.74. The molecule has 2 aliphatic rings. The molecule has 0 bridgehead atoms. The highest BCUT2D eigenvalue weighted by Gasteiger charge is 2.36. The van der Waals surface area contributed by atoms with Crippen LogP contribution in [0.1, 0.15) is 48.8 Å². The number of nitrogens with zero attached hydrogens (tertiary/aromatic N) is 2. The predicted molar refractivity (Wildman–Crippen MR) is 152 cm³/mol. The summed E-state index contributed by atoms with van der Waals surface area (Å²) in [5, 5.41) is 22.9. The molecular formula is C28H35N5O6S. The summed E-state index contributed by atoms with van der Waals surface area (Å²) in [6, 6.07) is 12.7. The minimum absolute atomic E-state index is 0.0179. The van der Waals surface area contributed by atoms with Crippen LogP contribution in [-0.2, 0) is 14.8 Å². The molecule has 2 aromatic carbocycles. The number of carbonyl (C=O) groups excluding carboxylic acids is 1. The minimum Gasteiger partial charge on any atom is -0.465 e. The second-order valence-electron chi connectivity index (χ2n) is 10.0. The molecule has 4 rings (SSSR count). The molecule has 2 aromatic rings. The number of fused-ring (bicyclic) bond motifs is 1. The lowest BCUT2D eigenvalue weighted by atomic mass is 9.88. The fourth-order valence-corrected chi connectivity index (χ4v) is 6.56. The van der Waals surface area contributed by atoms with Gasteiger partial charge in [0.2, 0.25) is 15.9 Å². The number of amides is 2. The SMILES string of the molecule is CCC(c1cccc(S(=O)(=O)N2CC(CO)C2)c1)c1ccc2c(c1)N=C(N)CC(C(=O)NCCCNC(=O)O)=C2. The van der Waals surface area contributed by atoms with Gasteiger partial charge in [-0.3, -0.25) is 4.79 Å². The van der Waals surface area contributed by atoms with Gasteiger partial charge in [0.15, 0.2) is 0 Å². The second-order valence-corrected chi connectivity index (χ2v) is 12.0. The monoisotopic (exact) mass is 569 g/mol. The predicted octanol–water partition coefficient (Wildman–Crippen LogP) is 2.39. The first-order valence-electron chi connectivity index (χ1n) is 13.3. The Bertz CT molecular complexity index is 1430. The number of aliphatic hydroxyl groups excluding tert-OH is 1. The normalized spacial score (nSPS) is 16.6. The first-order chi connectivity index (χ1) is 19.1. The Kier molecular flexibility index (Phi) is 9.23. The van der Waals surface area contributed by atoms with E-state index < -0.39 is 16.1 Å².